The van der Waals surface area contributed by atoms with E-state index in [4.69, 9.17) is 52.2 Å². The molecule has 0 unspecified atom stereocenters. The molecule has 4 aliphatic rings. The Kier molecular flexibility index (Phi) is 19.1. The van der Waals surface area contributed by atoms with Gasteiger partial charge in [-0.2, -0.15) is 0 Å². The molecule has 2 atom stereocenters. The summed E-state index contributed by atoms with van der Waals surface area (Å²) in [7, 11) is 3.07. The van der Waals surface area contributed by atoms with Crippen LogP contribution in [-0.2, 0) is 46.5 Å². The first kappa shape index (κ1) is 50.7. The summed E-state index contributed by atoms with van der Waals surface area (Å²) < 4.78 is 57.0. The van der Waals surface area contributed by atoms with E-state index >= 15 is 0 Å². The molecule has 3 aromatic rings. The number of carbonyl (C=O) groups excluding carboxylic acids is 2. The first-order valence-corrected chi connectivity index (χ1v) is 23.2. The van der Waals surface area contributed by atoms with E-state index in [-0.39, 0.29) is 43.7 Å². The lowest BCUT2D eigenvalue weighted by Gasteiger charge is -2.20. The second kappa shape index (κ2) is 26.0. The molecule has 0 bridgehead atoms. The van der Waals surface area contributed by atoms with Gasteiger partial charge >= 0.3 is 0 Å². The number of benzene rings is 3. The first-order chi connectivity index (χ1) is 33.7. The van der Waals surface area contributed by atoms with Crippen molar-refractivity contribution in [1.29, 1.82) is 0 Å². The Morgan fingerprint density at radius 2 is 1.00 bits per heavy atom. The highest BCUT2D eigenvalue weighted by Crippen LogP contribution is 2.40. The zero-order valence-corrected chi connectivity index (χ0v) is 39.8. The molecule has 0 aliphatic carbocycles. The summed E-state index contributed by atoms with van der Waals surface area (Å²) >= 11 is 0. The van der Waals surface area contributed by atoms with E-state index in [0.29, 0.717) is 151 Å². The fraction of sp³-hybridized carbons (Fsp3) is 0.471. The van der Waals surface area contributed by atoms with Gasteiger partial charge in [0.1, 0.15) is 19.8 Å². The molecular formula is C51H63N5O13. The molecule has 0 spiro atoms. The summed E-state index contributed by atoms with van der Waals surface area (Å²) in [5, 5.41) is 4.20. The van der Waals surface area contributed by atoms with Gasteiger partial charge in [-0.3, -0.25) is 19.6 Å². The Hall–Kier alpha value is -6.15. The van der Waals surface area contributed by atoms with E-state index < -0.39 is 0 Å². The number of hydrogen-bond acceptors (Lipinski definition) is 16. The second-order valence-electron chi connectivity index (χ2n) is 16.5. The number of rotatable bonds is 29. The molecule has 69 heavy (non-hydrogen) atoms. The van der Waals surface area contributed by atoms with Crippen LogP contribution < -0.4 is 18.9 Å². The van der Waals surface area contributed by atoms with Crippen molar-refractivity contribution in [3.63, 3.8) is 0 Å². The maximum atomic E-state index is 13.6. The molecule has 18 nitrogen and oxygen atoms in total. The highest BCUT2D eigenvalue weighted by atomic mass is 16.6. The lowest BCUT2D eigenvalue weighted by atomic mass is 10.1. The Morgan fingerprint density at radius 3 is 1.42 bits per heavy atom. The van der Waals surface area contributed by atoms with E-state index in [9.17, 15) is 9.59 Å². The van der Waals surface area contributed by atoms with Crippen LogP contribution in [0.5, 0.6) is 23.0 Å². The molecule has 2 amide bonds. The van der Waals surface area contributed by atoms with Crippen LogP contribution in [0.15, 0.2) is 81.9 Å². The van der Waals surface area contributed by atoms with Gasteiger partial charge in [-0.15, -0.1) is 0 Å². The number of hydrogen-bond donors (Lipinski definition) is 0. The monoisotopic (exact) mass is 953 g/mol. The van der Waals surface area contributed by atoms with Crippen molar-refractivity contribution < 1.29 is 61.8 Å². The number of methoxy groups -OCH3 is 2. The quantitative estimate of drug-likeness (QED) is 0.0328. The third-order valence-corrected chi connectivity index (χ3v) is 11.4. The number of amides is 2. The van der Waals surface area contributed by atoms with E-state index in [0.717, 1.165) is 27.8 Å². The van der Waals surface area contributed by atoms with Crippen molar-refractivity contribution in [2.45, 2.75) is 45.1 Å². The molecule has 0 radical (unpaired) electrons. The summed E-state index contributed by atoms with van der Waals surface area (Å²) in [6.07, 6.45) is 6.55. The van der Waals surface area contributed by atoms with Gasteiger partial charge in [0.2, 0.25) is 0 Å². The topological polar surface area (TPSA) is 179 Å². The molecule has 370 valence electrons. The third-order valence-electron chi connectivity index (χ3n) is 11.4. The van der Waals surface area contributed by atoms with Gasteiger partial charge in [0.15, 0.2) is 23.0 Å². The average Bonchev–Trinajstić information content (AvgIpc) is 3.87. The highest BCUT2D eigenvalue weighted by Gasteiger charge is 2.35. The lowest BCUT2D eigenvalue weighted by molar-refractivity contribution is -0.0199. The van der Waals surface area contributed by atoms with Crippen molar-refractivity contribution in [2.24, 2.45) is 15.1 Å². The fourth-order valence-corrected chi connectivity index (χ4v) is 8.06. The third kappa shape index (κ3) is 14.2. The van der Waals surface area contributed by atoms with Gasteiger partial charge in [0, 0.05) is 44.3 Å². The normalized spacial score (nSPS) is 17.2. The van der Waals surface area contributed by atoms with Gasteiger partial charge in [-0.1, -0.05) is 29.5 Å². The van der Waals surface area contributed by atoms with E-state index in [2.05, 4.69) is 28.3 Å². The maximum Gasteiger partial charge on any atom is 0.257 e. The Morgan fingerprint density at radius 1 is 0.580 bits per heavy atom. The summed E-state index contributed by atoms with van der Waals surface area (Å²) in [5.74, 6) is 1.39. The van der Waals surface area contributed by atoms with Gasteiger partial charge < -0.3 is 62.0 Å². The summed E-state index contributed by atoms with van der Waals surface area (Å²) in [6.45, 7) is 17.4. The molecule has 0 aromatic heterocycles. The minimum atomic E-state index is -0.143. The number of aliphatic imine (C=N–C) groups is 2. The first-order valence-electron chi connectivity index (χ1n) is 23.2. The largest absolute Gasteiger partial charge is 0.493 e. The smallest absolute Gasteiger partial charge is 0.257 e. The summed E-state index contributed by atoms with van der Waals surface area (Å²) in [6, 6.07) is 12.3. The Bertz CT molecular complexity index is 2220. The van der Waals surface area contributed by atoms with Crippen LogP contribution in [0.4, 0.5) is 11.4 Å². The summed E-state index contributed by atoms with van der Waals surface area (Å²) in [4.78, 5) is 45.5. The van der Waals surface area contributed by atoms with Crippen LogP contribution in [0, 0.1) is 0 Å². The second-order valence-corrected chi connectivity index (χ2v) is 16.5. The van der Waals surface area contributed by atoms with Crippen molar-refractivity contribution in [2.75, 3.05) is 113 Å². The van der Waals surface area contributed by atoms with Crippen molar-refractivity contribution in [3.05, 3.63) is 94.6 Å². The minimum absolute atomic E-state index is 0.127. The number of oxime groups is 1. The zero-order chi connectivity index (χ0) is 48.4. The predicted molar refractivity (Wildman–Crippen MR) is 259 cm³/mol. The van der Waals surface area contributed by atoms with Crippen LogP contribution in [0.2, 0.25) is 0 Å². The minimum Gasteiger partial charge on any atom is -0.493 e. The maximum absolute atomic E-state index is 13.6. The fourth-order valence-electron chi connectivity index (χ4n) is 8.06. The molecular weight excluding hydrogens is 891 g/mol. The average molecular weight is 954 g/mol. The highest BCUT2D eigenvalue weighted by molar-refractivity contribution is 6.04. The molecule has 7 rings (SSSR count). The summed E-state index contributed by atoms with van der Waals surface area (Å²) in [5.41, 5.74) is 6.15. The van der Waals surface area contributed by atoms with Crippen molar-refractivity contribution in [1.82, 2.24) is 9.80 Å². The number of ether oxygens (including phenoxy) is 10. The van der Waals surface area contributed by atoms with E-state index in [1.54, 1.807) is 52.7 Å². The van der Waals surface area contributed by atoms with Gasteiger partial charge in [0.25, 0.3) is 11.8 Å². The lowest BCUT2D eigenvalue weighted by Crippen LogP contribution is -2.35. The molecule has 4 aliphatic heterocycles. The van der Waals surface area contributed by atoms with Crippen LogP contribution in [0.1, 0.15) is 57.2 Å². The molecule has 0 saturated carbocycles. The van der Waals surface area contributed by atoms with Crippen molar-refractivity contribution in [3.8, 4) is 23.0 Å². The molecule has 2 saturated heterocycles. The molecule has 4 heterocycles. The Balaban J connectivity index is 0.933. The van der Waals surface area contributed by atoms with Crippen LogP contribution in [0.3, 0.4) is 0 Å². The number of fused-ring (bicyclic) bond motifs is 4. The van der Waals surface area contributed by atoms with Gasteiger partial charge in [-0.05, 0) is 66.8 Å². The van der Waals surface area contributed by atoms with Crippen molar-refractivity contribution >= 4 is 41.8 Å². The number of carbonyl (C=O) groups is 2. The number of nitrogens with zero attached hydrogens (tertiary/aromatic N) is 5. The van der Waals surface area contributed by atoms with E-state index in [1.165, 1.54) is 14.2 Å². The van der Waals surface area contributed by atoms with Crippen LogP contribution >= 0.6 is 0 Å². The molecule has 3 aromatic carbocycles. The van der Waals surface area contributed by atoms with Crippen LogP contribution in [-0.4, -0.2) is 166 Å². The molecule has 0 N–H and O–H groups in total. The van der Waals surface area contributed by atoms with Gasteiger partial charge in [0.05, 0.1) is 128 Å². The van der Waals surface area contributed by atoms with E-state index in [1.807, 2.05) is 25.1 Å². The predicted octanol–water partition coefficient (Wildman–Crippen LogP) is 6.31. The molecule has 2 fully saturated rings. The molecule has 18 heteroatoms. The SMILES string of the molecule is C=C1C[C@H]2C=Nc3cc(OCc4cc(/C=N\OCCOCCOCCOCCOCCOCCOCC)cc(COc5cc6c(cc5OC)C(=O)N5CC(=C)C[C@H]5C=N6)c4)c(OC)cc3C(=O)N2C1. The zero-order valence-electron chi connectivity index (χ0n) is 39.8. The standard InChI is InChI=1S/C51H63N5O13/c1-6-61-7-8-62-9-10-63-11-12-64-13-14-65-15-16-66-17-18-69-54-28-37-21-38(33-67-48-26-44-42(24-46(48)59-4)50(57)55-31-35(2)19-40(55)29-52-44)23-39(22-37)34-68-49-27-45-43(25-47(49)60-5)51(58)56-32-36(3)20-41(56)30-53-45/h21-30,40-41H,2-3,6-20,31-34H2,1,4-5H3/b54-28-/t40-,41-/m0/s1. The van der Waals surface area contributed by atoms with Gasteiger partial charge in [-0.25, -0.2) is 0 Å². The van der Waals surface area contributed by atoms with Crippen LogP contribution in [0.25, 0.3) is 0 Å². The Labute approximate surface area is 403 Å².